The lowest BCUT2D eigenvalue weighted by atomic mass is 9.98. The summed E-state index contributed by atoms with van der Waals surface area (Å²) in [6.45, 7) is 4.83. The van der Waals surface area contributed by atoms with Crippen molar-refractivity contribution in [2.45, 2.75) is 89.4 Å². The van der Waals surface area contributed by atoms with Gasteiger partial charge in [-0.1, -0.05) is 29.4 Å². The van der Waals surface area contributed by atoms with Gasteiger partial charge in [-0.15, -0.1) is 8.42 Å². The molecule has 6 atom stereocenters. The van der Waals surface area contributed by atoms with Crippen molar-refractivity contribution in [2.75, 3.05) is 65.3 Å². The van der Waals surface area contributed by atoms with Gasteiger partial charge in [0.25, 0.3) is 0 Å². The lowest BCUT2D eigenvalue weighted by Crippen LogP contribution is -2.63. The highest BCUT2D eigenvalue weighted by Crippen LogP contribution is 2.37. The smallest absolute Gasteiger partial charge is 0.489 e. The molecule has 0 amide bonds. The molecule has 3 aromatic rings. The zero-order chi connectivity index (χ0) is 57.6. The monoisotopic (exact) mass is 1180 g/mol. The summed E-state index contributed by atoms with van der Waals surface area (Å²) in [4.78, 5) is 65.3. The van der Waals surface area contributed by atoms with Crippen LogP contribution in [0, 0.1) is 4.78 Å². The third kappa shape index (κ3) is 22.5. The number of ketones is 1. The van der Waals surface area contributed by atoms with Crippen LogP contribution in [0.3, 0.4) is 0 Å². The Morgan fingerprint density at radius 2 is 1.28 bits per heavy atom. The molecule has 3 aromatic carbocycles. The fourth-order valence-corrected chi connectivity index (χ4v) is 10.2. The number of Topliss-reactive ketones (excluding diaryl/α,β-unsaturated/α-hetero) is 1. The minimum absolute atomic E-state index is 0.0809. The minimum atomic E-state index is -5.16. The maximum Gasteiger partial charge on any atom is 0.501 e. The second-order valence-electron chi connectivity index (χ2n) is 16.8. The maximum atomic E-state index is 13.7. The molecule has 0 bridgehead atoms. The number of ether oxygens (including phenoxy) is 10. The van der Waals surface area contributed by atoms with Crippen LogP contribution in [0.2, 0.25) is 0 Å². The Balaban J connectivity index is 1.60. The standard InChI is InChI=1S/C47H60N4O23S4/c1-30(52)66-27-43-44(68-31(2)53)45(69-32(3)54)46(70-33(4)55)47(72-43)71-41-16-12-36(39(56)8-7-18-63-20-22-65-23-21-64-19-17-50-51-48)25-42(41)74-78(61,62)73-38-13-9-34(10-14-38)26-67-40-15-11-35(28-76(6,57)58)24-37(40)29-77(59,60)75(5)49/h9-16,24-25,43-47,49H,7-8,17-23,26-29H2,1-6H3/t43-,44+,45+,46-,47?,75?/m0/s1. The number of esters is 4. The molecule has 1 heterocycles. The number of nitrogens with zero attached hydrogens (tertiary/aromatic N) is 3. The number of carbonyl (C=O) groups is 5. The Bertz CT molecular complexity index is 2990. The average Bonchev–Trinajstić information content (AvgIpc) is 3.38. The van der Waals surface area contributed by atoms with Crippen molar-refractivity contribution in [2.24, 2.45) is 5.11 Å². The van der Waals surface area contributed by atoms with Gasteiger partial charge in [-0.3, -0.25) is 28.8 Å². The quantitative estimate of drug-likeness (QED) is 0.0131. The van der Waals surface area contributed by atoms with Gasteiger partial charge in [0.05, 0.1) is 44.5 Å². The van der Waals surface area contributed by atoms with E-state index in [-0.39, 0.29) is 94.0 Å². The summed E-state index contributed by atoms with van der Waals surface area (Å²) in [5.74, 6) is -6.41. The molecule has 1 aliphatic rings. The number of sulfone groups is 1. The molecule has 0 radical (unpaired) electrons. The number of hydrogen-bond donors (Lipinski definition) is 1. The van der Waals surface area contributed by atoms with Crippen molar-refractivity contribution in [1.29, 1.82) is 4.78 Å². The third-order valence-corrected chi connectivity index (χ3v) is 16.0. The molecule has 4 rings (SSSR count). The Morgan fingerprint density at radius 1 is 0.692 bits per heavy atom. The van der Waals surface area contributed by atoms with Crippen LogP contribution >= 0.6 is 0 Å². The normalized spacial score (nSPS) is 17.8. The highest BCUT2D eigenvalue weighted by Gasteiger charge is 2.53. The van der Waals surface area contributed by atoms with Gasteiger partial charge in [0.15, 0.2) is 39.3 Å². The molecule has 27 nitrogen and oxygen atoms in total. The van der Waals surface area contributed by atoms with Gasteiger partial charge >= 0.3 is 34.3 Å². The lowest BCUT2D eigenvalue weighted by molar-refractivity contribution is -0.288. The Hall–Kier alpha value is -6.44. The first-order valence-corrected chi connectivity index (χ1v) is 30.6. The van der Waals surface area contributed by atoms with Gasteiger partial charge in [0.1, 0.15) is 30.8 Å². The second-order valence-corrected chi connectivity index (χ2v) is 25.5. The molecule has 1 N–H and O–H groups in total. The van der Waals surface area contributed by atoms with Crippen LogP contribution in [0.1, 0.15) is 67.6 Å². The van der Waals surface area contributed by atoms with Gasteiger partial charge < -0.3 is 55.7 Å². The zero-order valence-electron chi connectivity index (χ0n) is 43.2. The lowest BCUT2D eigenvalue weighted by Gasteiger charge is -2.43. The summed E-state index contributed by atoms with van der Waals surface area (Å²) in [5.41, 5.74) is 9.08. The third-order valence-electron chi connectivity index (χ3n) is 10.3. The first-order valence-electron chi connectivity index (χ1n) is 23.4. The van der Waals surface area contributed by atoms with Gasteiger partial charge in [-0.05, 0) is 59.5 Å². The molecular formula is C47H60N4O23S4. The molecule has 0 saturated carbocycles. The molecule has 31 heteroatoms. The summed E-state index contributed by atoms with van der Waals surface area (Å²) in [6.07, 6.45) is -5.96. The van der Waals surface area contributed by atoms with E-state index in [4.69, 9.17) is 66.0 Å². The fourth-order valence-electron chi connectivity index (χ4n) is 7.03. The van der Waals surface area contributed by atoms with Crippen LogP contribution in [0.25, 0.3) is 10.4 Å². The Kier molecular flexibility index (Phi) is 25.2. The van der Waals surface area contributed by atoms with E-state index in [1.807, 2.05) is 0 Å². The minimum Gasteiger partial charge on any atom is -0.489 e. The van der Waals surface area contributed by atoms with E-state index in [2.05, 4.69) is 10.0 Å². The molecule has 1 aliphatic heterocycles. The van der Waals surface area contributed by atoms with Crippen molar-refractivity contribution in [3.63, 3.8) is 0 Å². The summed E-state index contributed by atoms with van der Waals surface area (Å²) in [7, 11) is -14.4. The van der Waals surface area contributed by atoms with Gasteiger partial charge in [0, 0.05) is 85.5 Å². The first-order chi connectivity index (χ1) is 36.7. The molecule has 0 spiro atoms. The highest BCUT2D eigenvalue weighted by molar-refractivity contribution is 8.64. The van der Waals surface area contributed by atoms with E-state index in [9.17, 15) is 49.2 Å². The molecule has 78 heavy (non-hydrogen) atoms. The molecular weight excluding hydrogens is 1120 g/mol. The summed E-state index contributed by atoms with van der Waals surface area (Å²) in [6, 6.07) is 12.9. The molecule has 2 unspecified atom stereocenters. The average molecular weight is 1180 g/mol. The largest absolute Gasteiger partial charge is 0.501 e. The van der Waals surface area contributed by atoms with Gasteiger partial charge in [0.2, 0.25) is 21.3 Å². The molecule has 0 aliphatic carbocycles. The van der Waals surface area contributed by atoms with Crippen molar-refractivity contribution < 1.29 is 105 Å². The van der Waals surface area contributed by atoms with Crippen LogP contribution in [0.15, 0.2) is 65.8 Å². The van der Waals surface area contributed by atoms with E-state index in [0.29, 0.717) is 11.1 Å². The van der Waals surface area contributed by atoms with Crippen LogP contribution in [0.4, 0.5) is 0 Å². The zero-order valence-corrected chi connectivity index (χ0v) is 46.5. The van der Waals surface area contributed by atoms with Crippen molar-refractivity contribution >= 4 is 68.5 Å². The number of carbonyl (C=O) groups excluding carboxylic acids is 5. The predicted octanol–water partition coefficient (Wildman–Crippen LogP) is 4.14. The van der Waals surface area contributed by atoms with E-state index < -0.39 is 123 Å². The summed E-state index contributed by atoms with van der Waals surface area (Å²) < 4.78 is 151. The van der Waals surface area contributed by atoms with Crippen molar-refractivity contribution in [3.8, 4) is 23.0 Å². The molecule has 1 saturated heterocycles. The van der Waals surface area contributed by atoms with Crippen LogP contribution < -0.4 is 17.8 Å². The number of nitrogens with one attached hydrogen (secondary N) is 1. The van der Waals surface area contributed by atoms with Gasteiger partial charge in [-0.2, -0.15) is 0 Å². The SMILES string of the molecule is CC(=O)OC[C@@H]1OC(Oc2ccc(C(=O)CCCOCCOCCOCCN=[N+]=[N-])cc2OS(=O)(=O)Oc2ccc(COc3ccc(CS(C)(=O)=O)cc3CS(=O)(=O)S(C)=N)cc2)[C@@H](OC(C)=O)[C@H](OC(C)=O)[C@@H]1OC(C)=O. The number of rotatable bonds is 33. The fraction of sp³-hybridized carbons (Fsp3) is 0.511. The highest BCUT2D eigenvalue weighted by atomic mass is 33.2. The van der Waals surface area contributed by atoms with E-state index in [1.165, 1.54) is 54.8 Å². The predicted molar refractivity (Wildman–Crippen MR) is 274 cm³/mol. The van der Waals surface area contributed by atoms with E-state index in [0.717, 1.165) is 46.1 Å². The molecule has 430 valence electrons. The first kappa shape index (κ1) is 64.1. The van der Waals surface area contributed by atoms with Crippen LogP contribution in [0.5, 0.6) is 23.0 Å². The van der Waals surface area contributed by atoms with Crippen molar-refractivity contribution in [3.05, 3.63) is 93.4 Å². The Morgan fingerprint density at radius 3 is 1.88 bits per heavy atom. The number of hydrogen-bond acceptors (Lipinski definition) is 25. The Labute approximate surface area is 452 Å². The van der Waals surface area contributed by atoms with E-state index in [1.54, 1.807) is 0 Å². The molecule has 1 fully saturated rings. The topological polar surface area (TPSA) is 371 Å². The summed E-state index contributed by atoms with van der Waals surface area (Å²) in [5, 5.41) is 3.36. The van der Waals surface area contributed by atoms with Crippen LogP contribution in [-0.4, -0.2) is 151 Å². The number of benzene rings is 3. The second kappa shape index (κ2) is 30.6. The summed E-state index contributed by atoms with van der Waals surface area (Å²) >= 11 is 0. The van der Waals surface area contributed by atoms with Crippen LogP contribution in [-0.2, 0) is 114 Å². The van der Waals surface area contributed by atoms with E-state index >= 15 is 0 Å². The molecule has 0 aromatic heterocycles. The van der Waals surface area contributed by atoms with Crippen molar-refractivity contribution in [1.82, 2.24) is 0 Å². The van der Waals surface area contributed by atoms with Gasteiger partial charge in [-0.25, -0.2) is 16.8 Å². The number of azide groups is 1. The maximum absolute atomic E-state index is 13.7.